The van der Waals surface area contributed by atoms with Crippen LogP contribution in [0.3, 0.4) is 0 Å². The van der Waals surface area contributed by atoms with Crippen molar-refractivity contribution in [1.82, 2.24) is 10.2 Å². The van der Waals surface area contributed by atoms with E-state index in [1.54, 1.807) is 0 Å². The largest absolute Gasteiger partial charge is 0.314 e. The lowest BCUT2D eigenvalue weighted by atomic mass is 9.85. The summed E-state index contributed by atoms with van der Waals surface area (Å²) >= 11 is 0. The molecule has 0 bridgehead atoms. The molecular formula is C17H34N2. The quantitative estimate of drug-likeness (QED) is 0.761. The highest BCUT2D eigenvalue weighted by Crippen LogP contribution is 2.29. The molecule has 1 saturated heterocycles. The third-order valence-corrected chi connectivity index (χ3v) is 5.12. The first-order valence-electron chi connectivity index (χ1n) is 8.61. The maximum atomic E-state index is 3.77. The Morgan fingerprint density at radius 1 is 1.00 bits per heavy atom. The first kappa shape index (κ1) is 15.3. The average Bonchev–Trinajstić information content (AvgIpc) is 2.57. The Hall–Kier alpha value is -0.0800. The van der Waals surface area contributed by atoms with Crippen LogP contribution >= 0.6 is 0 Å². The van der Waals surface area contributed by atoms with Crippen LogP contribution in [0.4, 0.5) is 0 Å². The van der Waals surface area contributed by atoms with Crippen molar-refractivity contribution in [3.05, 3.63) is 0 Å². The summed E-state index contributed by atoms with van der Waals surface area (Å²) < 4.78 is 0. The van der Waals surface area contributed by atoms with E-state index in [0.717, 1.165) is 6.04 Å². The van der Waals surface area contributed by atoms with Crippen molar-refractivity contribution in [3.8, 4) is 0 Å². The van der Waals surface area contributed by atoms with E-state index in [-0.39, 0.29) is 0 Å². The van der Waals surface area contributed by atoms with Crippen molar-refractivity contribution >= 4 is 0 Å². The molecule has 0 unspecified atom stereocenters. The maximum Gasteiger partial charge on any atom is 0.00670 e. The molecule has 0 atom stereocenters. The fourth-order valence-electron chi connectivity index (χ4n) is 3.62. The van der Waals surface area contributed by atoms with Crippen molar-refractivity contribution < 1.29 is 0 Å². The van der Waals surface area contributed by atoms with E-state index < -0.39 is 0 Å². The summed E-state index contributed by atoms with van der Waals surface area (Å²) in [5.41, 5.74) is 0.578. The van der Waals surface area contributed by atoms with Gasteiger partial charge in [-0.25, -0.2) is 0 Å². The molecule has 2 nitrogen and oxygen atoms in total. The van der Waals surface area contributed by atoms with Gasteiger partial charge < -0.3 is 10.2 Å². The Bertz CT molecular complexity index is 244. The van der Waals surface area contributed by atoms with Gasteiger partial charge in [0.05, 0.1) is 0 Å². The fourth-order valence-corrected chi connectivity index (χ4v) is 3.62. The molecule has 1 heterocycles. The van der Waals surface area contributed by atoms with Gasteiger partial charge in [0.25, 0.3) is 0 Å². The van der Waals surface area contributed by atoms with Gasteiger partial charge in [0.2, 0.25) is 0 Å². The zero-order valence-corrected chi connectivity index (χ0v) is 13.2. The summed E-state index contributed by atoms with van der Waals surface area (Å²) in [7, 11) is 0. The van der Waals surface area contributed by atoms with Crippen molar-refractivity contribution in [2.75, 3.05) is 26.2 Å². The minimum absolute atomic E-state index is 0.578. The predicted octanol–water partition coefficient (Wildman–Crippen LogP) is 3.81. The van der Waals surface area contributed by atoms with Crippen molar-refractivity contribution in [1.29, 1.82) is 0 Å². The van der Waals surface area contributed by atoms with E-state index in [2.05, 4.69) is 24.1 Å². The number of likely N-dealkylation sites (tertiary alicyclic amines) is 1. The Kier molecular flexibility index (Phi) is 6.15. The van der Waals surface area contributed by atoms with Crippen LogP contribution in [0.5, 0.6) is 0 Å². The zero-order valence-electron chi connectivity index (χ0n) is 13.2. The molecule has 2 heteroatoms. The highest BCUT2D eigenvalue weighted by atomic mass is 15.1. The third kappa shape index (κ3) is 5.83. The van der Waals surface area contributed by atoms with Gasteiger partial charge in [-0.1, -0.05) is 33.1 Å². The van der Waals surface area contributed by atoms with Crippen LogP contribution in [-0.4, -0.2) is 37.1 Å². The number of nitrogens with zero attached hydrogens (tertiary/aromatic N) is 1. The number of hydrogen-bond donors (Lipinski definition) is 1. The van der Waals surface area contributed by atoms with E-state index in [1.807, 2.05) is 0 Å². The standard InChI is InChI=1S/C17H34N2/c1-17(2)10-6-13-19(15-11-17)14-7-12-18-16-8-4-3-5-9-16/h16,18H,3-15H2,1-2H3. The summed E-state index contributed by atoms with van der Waals surface area (Å²) in [5, 5.41) is 3.77. The second kappa shape index (κ2) is 7.64. The minimum atomic E-state index is 0.578. The molecule has 1 aliphatic carbocycles. The first-order valence-corrected chi connectivity index (χ1v) is 8.61. The normalized spacial score (nSPS) is 26.2. The fraction of sp³-hybridized carbons (Fsp3) is 1.00. The van der Waals surface area contributed by atoms with Crippen molar-refractivity contribution in [3.63, 3.8) is 0 Å². The average molecular weight is 266 g/mol. The van der Waals surface area contributed by atoms with Crippen LogP contribution in [0, 0.1) is 5.41 Å². The predicted molar refractivity (Wildman–Crippen MR) is 83.6 cm³/mol. The summed E-state index contributed by atoms with van der Waals surface area (Å²) in [4.78, 5) is 2.69. The topological polar surface area (TPSA) is 15.3 Å². The molecule has 2 fully saturated rings. The van der Waals surface area contributed by atoms with Crippen LogP contribution in [-0.2, 0) is 0 Å². The lowest BCUT2D eigenvalue weighted by molar-refractivity contribution is 0.256. The molecule has 0 aromatic carbocycles. The lowest BCUT2D eigenvalue weighted by Crippen LogP contribution is -2.34. The number of hydrogen-bond acceptors (Lipinski definition) is 2. The lowest BCUT2D eigenvalue weighted by Gasteiger charge is -2.25. The summed E-state index contributed by atoms with van der Waals surface area (Å²) in [6, 6.07) is 0.830. The molecule has 0 radical (unpaired) electrons. The molecule has 2 rings (SSSR count). The van der Waals surface area contributed by atoms with Gasteiger partial charge in [-0.05, 0) is 70.1 Å². The zero-order chi connectivity index (χ0) is 13.6. The summed E-state index contributed by atoms with van der Waals surface area (Å²) in [6.07, 6.45) is 12.7. The van der Waals surface area contributed by atoms with Crippen molar-refractivity contribution in [2.24, 2.45) is 5.41 Å². The molecule has 19 heavy (non-hydrogen) atoms. The Morgan fingerprint density at radius 2 is 1.79 bits per heavy atom. The van der Waals surface area contributed by atoms with Gasteiger partial charge >= 0.3 is 0 Å². The summed E-state index contributed by atoms with van der Waals surface area (Å²) in [6.45, 7) is 10.0. The highest BCUT2D eigenvalue weighted by molar-refractivity contribution is 4.77. The molecule has 112 valence electrons. The van der Waals surface area contributed by atoms with Gasteiger partial charge in [0.15, 0.2) is 0 Å². The first-order chi connectivity index (χ1) is 9.16. The van der Waals surface area contributed by atoms with Gasteiger partial charge in [-0.2, -0.15) is 0 Å². The van der Waals surface area contributed by atoms with Gasteiger partial charge in [-0.3, -0.25) is 0 Å². The Balaban J connectivity index is 1.55. The highest BCUT2D eigenvalue weighted by Gasteiger charge is 2.22. The smallest absolute Gasteiger partial charge is 0.00670 e. The van der Waals surface area contributed by atoms with Crippen LogP contribution in [0.1, 0.15) is 71.6 Å². The number of nitrogens with one attached hydrogen (secondary N) is 1. The Labute approximate surface area is 120 Å². The second-order valence-electron chi connectivity index (χ2n) is 7.50. The van der Waals surface area contributed by atoms with E-state index >= 15 is 0 Å². The van der Waals surface area contributed by atoms with Crippen molar-refractivity contribution in [2.45, 2.75) is 77.7 Å². The Morgan fingerprint density at radius 3 is 2.58 bits per heavy atom. The maximum absolute atomic E-state index is 3.77. The van der Waals surface area contributed by atoms with Crippen LogP contribution in [0.2, 0.25) is 0 Å². The molecule has 0 spiro atoms. The van der Waals surface area contributed by atoms with E-state index in [0.29, 0.717) is 5.41 Å². The van der Waals surface area contributed by atoms with Gasteiger partial charge in [0, 0.05) is 6.04 Å². The van der Waals surface area contributed by atoms with Crippen LogP contribution in [0.25, 0.3) is 0 Å². The third-order valence-electron chi connectivity index (χ3n) is 5.12. The monoisotopic (exact) mass is 266 g/mol. The second-order valence-corrected chi connectivity index (χ2v) is 7.50. The molecule has 1 aliphatic heterocycles. The van der Waals surface area contributed by atoms with Crippen LogP contribution < -0.4 is 5.32 Å². The van der Waals surface area contributed by atoms with Gasteiger partial charge in [-0.15, -0.1) is 0 Å². The molecule has 0 aromatic heterocycles. The molecule has 0 aromatic rings. The number of rotatable bonds is 5. The SMILES string of the molecule is CC1(C)CCCN(CCCNC2CCCCC2)CC1. The van der Waals surface area contributed by atoms with E-state index in [4.69, 9.17) is 0 Å². The molecule has 2 aliphatic rings. The van der Waals surface area contributed by atoms with Crippen LogP contribution in [0.15, 0.2) is 0 Å². The van der Waals surface area contributed by atoms with Gasteiger partial charge in [0.1, 0.15) is 0 Å². The van der Waals surface area contributed by atoms with E-state index in [1.165, 1.54) is 84.0 Å². The summed E-state index contributed by atoms with van der Waals surface area (Å²) in [5.74, 6) is 0. The molecular weight excluding hydrogens is 232 g/mol. The molecule has 1 saturated carbocycles. The molecule has 1 N–H and O–H groups in total. The molecule has 0 amide bonds. The minimum Gasteiger partial charge on any atom is -0.314 e. The van der Waals surface area contributed by atoms with E-state index in [9.17, 15) is 0 Å².